The number of hydrogen-bond acceptors (Lipinski definition) is 4. The van der Waals surface area contributed by atoms with Crippen LogP contribution in [0.5, 0.6) is 0 Å². The Morgan fingerprint density at radius 1 is 1.15 bits per heavy atom. The summed E-state index contributed by atoms with van der Waals surface area (Å²) in [4.78, 5) is 11.6. The Labute approximate surface area is 248 Å². The van der Waals surface area contributed by atoms with Gasteiger partial charge in [0.15, 0.2) is 6.10 Å². The Hall–Kier alpha value is -2.76. The summed E-state index contributed by atoms with van der Waals surface area (Å²) in [6, 6.07) is 0. The highest BCUT2D eigenvalue weighted by Gasteiger charge is 2.29. The van der Waals surface area contributed by atoms with E-state index in [0.717, 1.165) is 92.4 Å². The van der Waals surface area contributed by atoms with Crippen LogP contribution >= 0.6 is 0 Å². The Morgan fingerprint density at radius 2 is 1.85 bits per heavy atom. The van der Waals surface area contributed by atoms with Crippen LogP contribution in [0.4, 0.5) is 4.39 Å². The van der Waals surface area contributed by atoms with Gasteiger partial charge >= 0.3 is 5.97 Å². The molecule has 0 saturated heterocycles. The molecule has 2 unspecified atom stereocenters. The lowest BCUT2D eigenvalue weighted by atomic mass is 9.80. The topological polar surface area (TPSA) is 76.0 Å². The number of aliphatic hydroxyl groups is 1. The van der Waals surface area contributed by atoms with Crippen molar-refractivity contribution in [2.75, 3.05) is 13.3 Å². The number of carboxylic acids is 1. The molecule has 2 N–H and O–H groups in total. The molecule has 1 aliphatic heterocycles. The van der Waals surface area contributed by atoms with E-state index >= 15 is 0 Å². The quantitative estimate of drug-likeness (QED) is 0.109. The third-order valence-corrected chi connectivity index (χ3v) is 7.60. The van der Waals surface area contributed by atoms with Gasteiger partial charge in [-0.25, -0.2) is 9.18 Å². The second kappa shape index (κ2) is 20.2. The zero-order valence-electron chi connectivity index (χ0n) is 26.7. The fraction of sp³-hybridized carbons (Fsp3) is 0.629. The van der Waals surface area contributed by atoms with E-state index in [2.05, 4.69) is 26.8 Å². The van der Waals surface area contributed by atoms with E-state index in [-0.39, 0.29) is 5.92 Å². The summed E-state index contributed by atoms with van der Waals surface area (Å²) in [5.41, 5.74) is 5.67. The van der Waals surface area contributed by atoms with Gasteiger partial charge in [-0.1, -0.05) is 71.8 Å². The summed E-state index contributed by atoms with van der Waals surface area (Å²) in [6.07, 6.45) is 15.5. The van der Waals surface area contributed by atoms with E-state index in [0.29, 0.717) is 18.8 Å². The molecule has 1 heterocycles. The molecule has 0 spiro atoms. The van der Waals surface area contributed by atoms with Crippen LogP contribution < -0.4 is 0 Å². The number of carboxylic acid groups (broad SMARTS) is 1. The molecule has 5 nitrogen and oxygen atoms in total. The monoisotopic (exact) mass is 574 g/mol. The molecule has 41 heavy (non-hydrogen) atoms. The molecule has 1 aliphatic carbocycles. The molecule has 2 atom stereocenters. The Balaban J connectivity index is 0.00000411. The van der Waals surface area contributed by atoms with Gasteiger partial charge in [0.1, 0.15) is 18.2 Å². The number of hydrogen-bond donors (Lipinski definition) is 2. The molecule has 0 bridgehead atoms. The summed E-state index contributed by atoms with van der Waals surface area (Å²) in [7, 11) is 0. The third kappa shape index (κ3) is 11.2. The van der Waals surface area contributed by atoms with Crippen LogP contribution in [-0.4, -0.2) is 35.6 Å². The predicted molar refractivity (Wildman–Crippen MR) is 167 cm³/mol. The predicted octanol–water partition coefficient (Wildman–Crippen LogP) is 10.2. The average Bonchev–Trinajstić information content (AvgIpc) is 2.98. The number of ether oxygens (including phenoxy) is 2. The normalized spacial score (nSPS) is 20.3. The lowest BCUT2D eigenvalue weighted by Crippen LogP contribution is -2.28. The van der Waals surface area contributed by atoms with Crippen LogP contribution in [0, 0.1) is 5.92 Å². The highest BCUT2D eigenvalue weighted by atomic mass is 19.1. The molecule has 0 amide bonds. The van der Waals surface area contributed by atoms with Crippen molar-refractivity contribution in [2.24, 2.45) is 5.92 Å². The maximum Gasteiger partial charge on any atom is 0.344 e. The van der Waals surface area contributed by atoms with Crippen LogP contribution in [0.2, 0.25) is 0 Å². The fourth-order valence-electron chi connectivity index (χ4n) is 5.44. The molecule has 6 heteroatoms. The Bertz CT molecular complexity index is 1010. The van der Waals surface area contributed by atoms with Gasteiger partial charge in [-0.05, 0) is 93.9 Å². The smallest absolute Gasteiger partial charge is 0.344 e. The maximum atomic E-state index is 12.7. The van der Waals surface area contributed by atoms with Crippen molar-refractivity contribution < 1.29 is 28.9 Å². The minimum absolute atomic E-state index is 0.107. The molecular weight excluding hydrogens is 519 g/mol. The van der Waals surface area contributed by atoms with Gasteiger partial charge in [-0.2, -0.15) is 0 Å². The van der Waals surface area contributed by atoms with E-state index < -0.39 is 18.7 Å². The van der Waals surface area contributed by atoms with Gasteiger partial charge in [-0.3, -0.25) is 0 Å². The van der Waals surface area contributed by atoms with Gasteiger partial charge in [-0.15, -0.1) is 0 Å². The first kappa shape index (κ1) is 36.3. The number of carbonyl (C=O) groups is 1. The van der Waals surface area contributed by atoms with E-state index in [4.69, 9.17) is 9.47 Å². The first-order valence-electron chi connectivity index (χ1n) is 15.8. The molecule has 0 fully saturated rings. The van der Waals surface area contributed by atoms with Gasteiger partial charge in [0.25, 0.3) is 0 Å². The van der Waals surface area contributed by atoms with Crippen molar-refractivity contribution >= 4 is 5.97 Å². The van der Waals surface area contributed by atoms with Crippen molar-refractivity contribution in [3.63, 3.8) is 0 Å². The van der Waals surface area contributed by atoms with Crippen LogP contribution in [0.1, 0.15) is 119 Å². The third-order valence-electron chi connectivity index (χ3n) is 7.60. The first-order chi connectivity index (χ1) is 19.8. The number of alkyl halides is 1. The minimum Gasteiger partial charge on any atom is -0.512 e. The molecule has 0 aromatic heterocycles. The van der Waals surface area contributed by atoms with Crippen LogP contribution in [0.25, 0.3) is 0 Å². The molecule has 2 rings (SSSR count). The highest BCUT2D eigenvalue weighted by molar-refractivity contribution is 5.73. The van der Waals surface area contributed by atoms with E-state index in [1.165, 1.54) is 17.2 Å². The van der Waals surface area contributed by atoms with Gasteiger partial charge in [0.2, 0.25) is 0 Å². The van der Waals surface area contributed by atoms with Crippen molar-refractivity contribution in [3.8, 4) is 0 Å². The number of aliphatic carboxylic acids is 1. The number of unbranched alkanes of at least 4 members (excludes halogenated alkanes) is 1. The van der Waals surface area contributed by atoms with Crippen molar-refractivity contribution in [1.82, 2.24) is 0 Å². The van der Waals surface area contributed by atoms with Crippen molar-refractivity contribution in [2.45, 2.75) is 125 Å². The van der Waals surface area contributed by atoms with Crippen LogP contribution in [0.15, 0.2) is 69.4 Å². The molecule has 0 saturated carbocycles. The number of halogens is 1. The highest BCUT2D eigenvalue weighted by Crippen LogP contribution is 2.37. The average molecular weight is 575 g/mol. The molecule has 0 aromatic carbocycles. The molecule has 2 aliphatic rings. The zero-order chi connectivity index (χ0) is 30.8. The van der Waals surface area contributed by atoms with Crippen molar-refractivity contribution in [1.29, 1.82) is 0 Å². The van der Waals surface area contributed by atoms with E-state index in [1.54, 1.807) is 6.08 Å². The SMILES string of the molecule is CC.CC/C=C(\C=C/CF)C1CC(CC)=C(CCCCO/C(C)=C(\CCC)C2=C(CC)CCC(C(=O)O)O2)C=C1O. The second-order valence-corrected chi connectivity index (χ2v) is 10.3. The van der Waals surface area contributed by atoms with Crippen LogP contribution in [0.3, 0.4) is 0 Å². The lowest BCUT2D eigenvalue weighted by molar-refractivity contribution is -0.148. The van der Waals surface area contributed by atoms with Gasteiger partial charge < -0.3 is 19.7 Å². The number of rotatable bonds is 16. The maximum absolute atomic E-state index is 12.7. The van der Waals surface area contributed by atoms with Gasteiger partial charge in [0.05, 0.1) is 12.4 Å². The fourth-order valence-corrected chi connectivity index (χ4v) is 5.44. The minimum atomic E-state index is -0.916. The summed E-state index contributed by atoms with van der Waals surface area (Å²) < 4.78 is 24.9. The lowest BCUT2D eigenvalue weighted by Gasteiger charge is -2.28. The molecule has 0 aromatic rings. The molecular formula is C35H55FO5. The summed E-state index contributed by atoms with van der Waals surface area (Å²) in [6.45, 7) is 14.4. The van der Waals surface area contributed by atoms with Crippen molar-refractivity contribution in [3.05, 3.63) is 69.4 Å². The summed E-state index contributed by atoms with van der Waals surface area (Å²) >= 11 is 0. The Kier molecular flexibility index (Phi) is 17.8. The molecule has 232 valence electrons. The molecule has 0 radical (unpaired) electrons. The van der Waals surface area contributed by atoms with Gasteiger partial charge in [0, 0.05) is 11.5 Å². The Morgan fingerprint density at radius 3 is 2.44 bits per heavy atom. The standard InChI is InChI=1S/C33H49FO5.C2H6/c1-6-13-26(16-12-19-34)29-21-25(9-4)27(22-30(29)35)15-10-11-20-38-23(5)28(14-7-2)32-24(8-3)17-18-31(39-32)33(36)37;1-2/h12-13,16,22,29,31,35H,6-11,14-15,17-21H2,1-5H3,(H,36,37);1-2H3/b16-12-,26-13+,28-23+;. The largest absolute Gasteiger partial charge is 0.512 e. The number of allylic oxidation sites excluding steroid dienone is 10. The number of aliphatic hydroxyl groups excluding tert-OH is 1. The van der Waals surface area contributed by atoms with Crippen LogP contribution in [-0.2, 0) is 14.3 Å². The zero-order valence-corrected chi connectivity index (χ0v) is 26.7. The summed E-state index contributed by atoms with van der Waals surface area (Å²) in [5.74, 6) is 0.873. The summed E-state index contributed by atoms with van der Waals surface area (Å²) in [5, 5.41) is 20.3. The second-order valence-electron chi connectivity index (χ2n) is 10.3. The first-order valence-corrected chi connectivity index (χ1v) is 15.8. The van der Waals surface area contributed by atoms with E-state index in [1.807, 2.05) is 33.8 Å². The van der Waals surface area contributed by atoms with E-state index in [9.17, 15) is 19.4 Å².